The average molecular weight is 666 g/mol. The molecule has 1 N–H and O–H groups in total. The van der Waals surface area contributed by atoms with Gasteiger partial charge in [-0.1, -0.05) is 30.3 Å². The maximum atomic E-state index is 14.1. The molecule has 2 fully saturated rings. The first kappa shape index (κ1) is 30.1. The molecule has 2 saturated heterocycles. The van der Waals surface area contributed by atoms with Crippen molar-refractivity contribution in [1.82, 2.24) is 33.7 Å². The van der Waals surface area contributed by atoms with Gasteiger partial charge in [-0.15, -0.1) is 22.7 Å². The fourth-order valence-corrected chi connectivity index (χ4v) is 8.81. The first-order valence-corrected chi connectivity index (χ1v) is 17.7. The smallest absolute Gasteiger partial charge is 0.262 e. The van der Waals surface area contributed by atoms with Gasteiger partial charge in [-0.05, 0) is 54.9 Å². The first-order valence-electron chi connectivity index (χ1n) is 16.0. The second kappa shape index (κ2) is 12.4. The lowest BCUT2D eigenvalue weighted by Gasteiger charge is -2.43. The van der Waals surface area contributed by atoms with Crippen LogP contribution in [-0.4, -0.2) is 76.5 Å². The third-order valence-electron chi connectivity index (χ3n) is 9.74. The third kappa shape index (κ3) is 6.02. The van der Waals surface area contributed by atoms with Gasteiger partial charge in [0.2, 0.25) is 5.91 Å². The predicted octanol–water partition coefficient (Wildman–Crippen LogP) is 4.89. The fraction of sp³-hybridized carbons (Fsp3) is 0.343. The molecule has 12 heteroatoms. The van der Waals surface area contributed by atoms with Crippen LogP contribution >= 0.6 is 22.7 Å². The molecule has 1 aromatic carbocycles. The zero-order valence-electron chi connectivity index (χ0n) is 25.8. The maximum absolute atomic E-state index is 14.1. The number of hydrogen-bond acceptors (Lipinski definition) is 9. The van der Waals surface area contributed by atoms with Gasteiger partial charge in [-0.25, -0.2) is 15.0 Å². The number of carbonyl (C=O) groups is 1. The van der Waals surface area contributed by atoms with Gasteiger partial charge in [0.1, 0.15) is 15.5 Å². The summed E-state index contributed by atoms with van der Waals surface area (Å²) in [6.45, 7) is 3.51. The van der Waals surface area contributed by atoms with Gasteiger partial charge in [0.25, 0.3) is 5.56 Å². The van der Waals surface area contributed by atoms with Crippen LogP contribution in [0, 0.1) is 5.92 Å². The second-order valence-electron chi connectivity index (χ2n) is 12.8. The number of fused-ring (bicyclic) bond motifs is 2. The van der Waals surface area contributed by atoms with Crippen molar-refractivity contribution in [1.29, 1.82) is 0 Å². The van der Waals surface area contributed by atoms with Gasteiger partial charge in [-0.3, -0.25) is 19.1 Å². The van der Waals surface area contributed by atoms with E-state index in [1.165, 1.54) is 32.7 Å². The number of imidazole rings is 1. The fourth-order valence-electron chi connectivity index (χ4n) is 7.13. The van der Waals surface area contributed by atoms with Crippen molar-refractivity contribution >= 4 is 44.4 Å². The number of likely N-dealkylation sites (tertiary alicyclic amines) is 2. The van der Waals surface area contributed by atoms with Crippen molar-refractivity contribution in [2.45, 2.75) is 43.9 Å². The maximum Gasteiger partial charge on any atom is 0.262 e. The van der Waals surface area contributed by atoms with Crippen LogP contribution in [0.4, 0.5) is 0 Å². The van der Waals surface area contributed by atoms with Crippen LogP contribution in [0.15, 0.2) is 89.8 Å². The van der Waals surface area contributed by atoms with Crippen molar-refractivity contribution < 1.29 is 9.90 Å². The molecule has 7 heterocycles. The normalized spacial score (nSPS) is 20.2. The number of benzene rings is 1. The Bertz CT molecular complexity index is 2090. The summed E-state index contributed by atoms with van der Waals surface area (Å²) in [4.78, 5) is 46.9. The molecule has 5 aromatic heterocycles. The Hall–Kier alpha value is -4.23. The Kier molecular flexibility index (Phi) is 7.96. The summed E-state index contributed by atoms with van der Waals surface area (Å²) in [5, 5.41) is 14.9. The Morgan fingerprint density at radius 1 is 1.02 bits per heavy atom. The van der Waals surface area contributed by atoms with Crippen molar-refractivity contribution in [2.75, 3.05) is 26.2 Å². The number of thiazole rings is 1. The minimum Gasteiger partial charge on any atom is -0.388 e. The van der Waals surface area contributed by atoms with E-state index in [0.717, 1.165) is 42.3 Å². The molecular weight excluding hydrogens is 631 g/mol. The van der Waals surface area contributed by atoms with E-state index in [1.807, 2.05) is 51.5 Å². The van der Waals surface area contributed by atoms with Crippen LogP contribution in [-0.2, 0) is 17.9 Å². The summed E-state index contributed by atoms with van der Waals surface area (Å²) in [5.41, 5.74) is 1.95. The lowest BCUT2D eigenvalue weighted by Crippen LogP contribution is -2.53. The van der Waals surface area contributed by atoms with Crippen LogP contribution in [0.3, 0.4) is 0 Å². The van der Waals surface area contributed by atoms with Gasteiger partial charge >= 0.3 is 0 Å². The summed E-state index contributed by atoms with van der Waals surface area (Å²) < 4.78 is 3.50. The van der Waals surface area contributed by atoms with Crippen molar-refractivity contribution in [3.05, 3.63) is 106 Å². The summed E-state index contributed by atoms with van der Waals surface area (Å²) >= 11 is 3.14. The molecule has 0 saturated carbocycles. The molecule has 8 rings (SSSR count). The van der Waals surface area contributed by atoms with Crippen LogP contribution in [0.2, 0.25) is 0 Å². The Morgan fingerprint density at radius 2 is 1.87 bits per heavy atom. The van der Waals surface area contributed by atoms with Gasteiger partial charge in [-0.2, -0.15) is 0 Å². The molecule has 6 aromatic rings. The Morgan fingerprint density at radius 3 is 2.72 bits per heavy atom. The van der Waals surface area contributed by atoms with Gasteiger partial charge in [0.15, 0.2) is 0 Å². The molecule has 0 bridgehead atoms. The number of piperidine rings is 2. The molecule has 47 heavy (non-hydrogen) atoms. The lowest BCUT2D eigenvalue weighted by atomic mass is 9.79. The topological polar surface area (TPSA) is 109 Å². The molecule has 0 unspecified atom stereocenters. The largest absolute Gasteiger partial charge is 0.388 e. The number of thiophene rings is 1. The Labute approximate surface area is 279 Å². The minimum atomic E-state index is -1.06. The van der Waals surface area contributed by atoms with E-state index in [2.05, 4.69) is 39.1 Å². The summed E-state index contributed by atoms with van der Waals surface area (Å²) in [6.07, 6.45) is 10.9. The summed E-state index contributed by atoms with van der Waals surface area (Å²) in [6, 6.07) is 16.3. The highest BCUT2D eigenvalue weighted by Gasteiger charge is 2.41. The van der Waals surface area contributed by atoms with Crippen LogP contribution in [0.1, 0.15) is 35.6 Å². The molecule has 0 spiro atoms. The molecule has 0 radical (unpaired) electrons. The SMILES string of the molecule is O=C([C@@H]1CCN(Cc2cnc(-c3ccn4ccnc4c3)s2)C[C@H]1c1ccccc1)N1CCC(O)(Cn2cnc3sccc3c2=O)CC1. The van der Waals surface area contributed by atoms with Gasteiger partial charge < -0.3 is 14.4 Å². The zero-order chi connectivity index (χ0) is 32.0. The molecule has 2 aliphatic heterocycles. The average Bonchev–Trinajstić information content (AvgIpc) is 3.88. The second-order valence-corrected chi connectivity index (χ2v) is 14.8. The van der Waals surface area contributed by atoms with E-state index in [-0.39, 0.29) is 29.8 Å². The molecule has 10 nitrogen and oxygen atoms in total. The number of aliphatic hydroxyl groups is 1. The number of aromatic nitrogens is 5. The summed E-state index contributed by atoms with van der Waals surface area (Å²) in [7, 11) is 0. The van der Waals surface area contributed by atoms with E-state index in [0.29, 0.717) is 36.1 Å². The van der Waals surface area contributed by atoms with E-state index in [1.54, 1.807) is 23.6 Å². The number of pyridine rings is 1. The monoisotopic (exact) mass is 665 g/mol. The number of rotatable bonds is 7. The molecule has 0 aliphatic carbocycles. The minimum absolute atomic E-state index is 0.0653. The standard InChI is InChI=1S/C35H35N7O3S2/c43-33(41-14-9-35(45,10-15-41)22-42-23-38-32-28(34(42)44)8-17-46-32)27-7-12-39(21-29(27)24-4-2-1-3-5-24)20-26-19-37-31(47-26)25-6-13-40-16-11-36-30(40)18-25/h1-6,8,11,13,16-19,23,27,29,45H,7,9-10,12,14-15,20-22H2/t27-,29+/m1/s1. The van der Waals surface area contributed by atoms with E-state index < -0.39 is 5.60 Å². The number of nitrogens with zero attached hydrogens (tertiary/aromatic N) is 7. The molecular formula is C35H35N7O3S2. The van der Waals surface area contributed by atoms with E-state index >= 15 is 0 Å². The third-order valence-corrected chi connectivity index (χ3v) is 11.6. The number of amides is 1. The quantitative estimate of drug-likeness (QED) is 0.259. The van der Waals surface area contributed by atoms with Gasteiger partial charge in [0, 0.05) is 73.2 Å². The van der Waals surface area contributed by atoms with Gasteiger partial charge in [0.05, 0.1) is 23.9 Å². The predicted molar refractivity (Wildman–Crippen MR) is 184 cm³/mol. The highest BCUT2D eigenvalue weighted by atomic mass is 32.1. The van der Waals surface area contributed by atoms with E-state index in [4.69, 9.17) is 4.98 Å². The highest BCUT2D eigenvalue weighted by Crippen LogP contribution is 2.37. The molecule has 2 aliphatic rings. The van der Waals surface area contributed by atoms with Crippen LogP contribution < -0.4 is 5.56 Å². The molecule has 1 amide bonds. The van der Waals surface area contributed by atoms with Crippen molar-refractivity contribution in [3.8, 4) is 10.6 Å². The number of hydrogen-bond donors (Lipinski definition) is 1. The van der Waals surface area contributed by atoms with Crippen LogP contribution in [0.5, 0.6) is 0 Å². The van der Waals surface area contributed by atoms with E-state index in [9.17, 15) is 14.7 Å². The van der Waals surface area contributed by atoms with Crippen LogP contribution in [0.25, 0.3) is 26.4 Å². The van der Waals surface area contributed by atoms with Crippen molar-refractivity contribution in [2.24, 2.45) is 5.92 Å². The molecule has 240 valence electrons. The summed E-state index contributed by atoms with van der Waals surface area (Å²) in [5.74, 6) is 0.0926. The zero-order valence-corrected chi connectivity index (χ0v) is 27.4. The van der Waals surface area contributed by atoms with Crippen molar-refractivity contribution in [3.63, 3.8) is 0 Å². The molecule has 2 atom stereocenters. The number of carbonyl (C=O) groups excluding carboxylic acids is 1. The Balaban J connectivity index is 0.939. The highest BCUT2D eigenvalue weighted by molar-refractivity contribution is 7.16. The lowest BCUT2D eigenvalue weighted by molar-refractivity contribution is -0.142. The first-order chi connectivity index (χ1) is 22.9.